The first-order valence-electron chi connectivity index (χ1n) is 11.6. The second-order valence-corrected chi connectivity index (χ2v) is 16.2. The van der Waals surface area contributed by atoms with E-state index in [-0.39, 0.29) is 47.8 Å². The smallest absolute Gasteiger partial charge is 0.407 e. The van der Waals surface area contributed by atoms with Gasteiger partial charge in [-0.2, -0.15) is 0 Å². The van der Waals surface area contributed by atoms with Crippen LogP contribution in [0.3, 0.4) is 0 Å². The standard InChI is InChI=1S/C25H40N2O5Si/c1-16(32-33(8,9)25(5,6)7)21-19(27-22(21)29)14-20(28)18-12-10-11-17(13-18)15-26-23(30)31-24(2,3)4/h10-13,16,19,21H,14-15H2,1-9H3,(H,26,30)(H,27,29)/t16-,19-,21-/m1/s1. The average Bonchev–Trinajstić information content (AvgIpc) is 2.63. The number of alkyl carbamates (subject to hydrolysis) is 1. The van der Waals surface area contributed by atoms with Crippen LogP contribution in [0.2, 0.25) is 18.1 Å². The Bertz CT molecular complexity index is 886. The maximum atomic E-state index is 12.9. The van der Waals surface area contributed by atoms with Crippen LogP contribution in [0.15, 0.2) is 24.3 Å². The molecule has 1 aliphatic heterocycles. The molecule has 0 aromatic heterocycles. The quantitative estimate of drug-likeness (QED) is 0.319. The summed E-state index contributed by atoms with van der Waals surface area (Å²) in [5.41, 5.74) is 0.781. The molecule has 184 valence electrons. The number of benzene rings is 1. The van der Waals surface area contributed by atoms with E-state index in [0.29, 0.717) is 5.56 Å². The molecule has 33 heavy (non-hydrogen) atoms. The monoisotopic (exact) mass is 476 g/mol. The van der Waals surface area contributed by atoms with Gasteiger partial charge in [-0.15, -0.1) is 0 Å². The number of hydrogen-bond acceptors (Lipinski definition) is 5. The molecule has 8 heteroatoms. The first-order valence-corrected chi connectivity index (χ1v) is 14.5. The van der Waals surface area contributed by atoms with Crippen LogP contribution >= 0.6 is 0 Å². The summed E-state index contributed by atoms with van der Waals surface area (Å²) in [6.45, 7) is 18.4. The molecule has 0 aliphatic carbocycles. The van der Waals surface area contributed by atoms with E-state index in [9.17, 15) is 14.4 Å². The highest BCUT2D eigenvalue weighted by Gasteiger charge is 2.47. The number of nitrogens with one attached hydrogen (secondary N) is 2. The van der Waals surface area contributed by atoms with Crippen LogP contribution in [-0.2, 0) is 20.5 Å². The Morgan fingerprint density at radius 3 is 2.33 bits per heavy atom. The predicted octanol–water partition coefficient (Wildman–Crippen LogP) is 4.81. The molecule has 1 heterocycles. The summed E-state index contributed by atoms with van der Waals surface area (Å²) < 4.78 is 11.7. The van der Waals surface area contributed by atoms with Crippen molar-refractivity contribution in [3.8, 4) is 0 Å². The zero-order valence-electron chi connectivity index (χ0n) is 21.5. The number of carbonyl (C=O) groups is 3. The van der Waals surface area contributed by atoms with Gasteiger partial charge in [0.15, 0.2) is 14.1 Å². The van der Waals surface area contributed by atoms with E-state index in [4.69, 9.17) is 9.16 Å². The van der Waals surface area contributed by atoms with Gasteiger partial charge in [0.25, 0.3) is 0 Å². The van der Waals surface area contributed by atoms with E-state index in [0.717, 1.165) is 5.56 Å². The lowest BCUT2D eigenvalue weighted by atomic mass is 9.82. The molecular weight excluding hydrogens is 436 g/mol. The van der Waals surface area contributed by atoms with Crippen molar-refractivity contribution in [3.05, 3.63) is 35.4 Å². The van der Waals surface area contributed by atoms with Gasteiger partial charge in [-0.05, 0) is 57.5 Å². The number of hydrogen-bond donors (Lipinski definition) is 2. The molecule has 1 aromatic rings. The van der Waals surface area contributed by atoms with Crippen LogP contribution in [0.4, 0.5) is 4.79 Å². The van der Waals surface area contributed by atoms with Crippen LogP contribution in [0.25, 0.3) is 0 Å². The van der Waals surface area contributed by atoms with Crippen LogP contribution in [0.5, 0.6) is 0 Å². The molecule has 0 spiro atoms. The van der Waals surface area contributed by atoms with Gasteiger partial charge in [-0.3, -0.25) is 9.59 Å². The van der Waals surface area contributed by atoms with Crippen molar-refractivity contribution in [2.24, 2.45) is 5.92 Å². The number of Topliss-reactive ketones (excluding diaryl/α,β-unsaturated/α-hetero) is 1. The van der Waals surface area contributed by atoms with E-state index in [1.807, 2.05) is 13.0 Å². The van der Waals surface area contributed by atoms with Crippen LogP contribution in [-0.4, -0.2) is 43.8 Å². The summed E-state index contributed by atoms with van der Waals surface area (Å²) in [5.74, 6) is -0.446. The molecule has 2 amide bonds. The highest BCUT2D eigenvalue weighted by molar-refractivity contribution is 6.74. The summed E-state index contributed by atoms with van der Waals surface area (Å²) in [7, 11) is -2.03. The Balaban J connectivity index is 1.98. The van der Waals surface area contributed by atoms with E-state index >= 15 is 0 Å². The summed E-state index contributed by atoms with van der Waals surface area (Å²) in [6, 6.07) is 6.92. The fourth-order valence-electron chi connectivity index (χ4n) is 3.55. The fraction of sp³-hybridized carbons (Fsp3) is 0.640. The highest BCUT2D eigenvalue weighted by Crippen LogP contribution is 2.39. The number of ketones is 1. The minimum Gasteiger partial charge on any atom is -0.444 e. The number of rotatable bonds is 8. The van der Waals surface area contributed by atoms with E-state index in [1.54, 1.807) is 39.0 Å². The van der Waals surface area contributed by atoms with E-state index < -0.39 is 20.0 Å². The molecule has 2 N–H and O–H groups in total. The molecule has 3 atom stereocenters. The number of ether oxygens (including phenoxy) is 1. The van der Waals surface area contributed by atoms with Crippen molar-refractivity contribution in [1.82, 2.24) is 10.6 Å². The lowest BCUT2D eigenvalue weighted by molar-refractivity contribution is -0.139. The maximum absolute atomic E-state index is 12.9. The van der Waals surface area contributed by atoms with Gasteiger partial charge in [-0.1, -0.05) is 39.0 Å². The molecular formula is C25H40N2O5Si. The molecule has 0 bridgehead atoms. The zero-order chi connectivity index (χ0) is 25.2. The van der Waals surface area contributed by atoms with Gasteiger partial charge in [0.1, 0.15) is 5.60 Å². The van der Waals surface area contributed by atoms with E-state index in [1.165, 1.54) is 0 Å². The van der Waals surface area contributed by atoms with Gasteiger partial charge >= 0.3 is 6.09 Å². The summed E-state index contributed by atoms with van der Waals surface area (Å²) in [6.07, 6.45) is -0.540. The molecule has 0 radical (unpaired) electrons. The van der Waals surface area contributed by atoms with Gasteiger partial charge < -0.3 is 19.8 Å². The third kappa shape index (κ3) is 7.40. The van der Waals surface area contributed by atoms with Crippen molar-refractivity contribution >= 4 is 26.1 Å². The molecule has 0 saturated carbocycles. The third-order valence-electron chi connectivity index (χ3n) is 6.35. The van der Waals surface area contributed by atoms with Crippen LogP contribution in [0.1, 0.15) is 70.8 Å². The summed E-state index contributed by atoms with van der Waals surface area (Å²) >= 11 is 0. The van der Waals surface area contributed by atoms with Gasteiger partial charge in [-0.25, -0.2) is 4.79 Å². The molecule has 7 nitrogen and oxygen atoms in total. The Morgan fingerprint density at radius 2 is 1.79 bits per heavy atom. The number of β-lactam (4-membered cyclic amide) rings is 1. The summed E-state index contributed by atoms with van der Waals surface area (Å²) in [4.78, 5) is 37.1. The van der Waals surface area contributed by atoms with Gasteiger partial charge in [0.05, 0.1) is 18.1 Å². The molecule has 0 unspecified atom stereocenters. The molecule has 2 rings (SSSR count). The largest absolute Gasteiger partial charge is 0.444 e. The topological polar surface area (TPSA) is 93.7 Å². The SMILES string of the molecule is C[C@@H](O[Si](C)(C)C(C)(C)C)[C@H]1C(=O)N[C@@H]1CC(=O)c1cccc(CNC(=O)OC(C)(C)C)c1. The third-order valence-corrected chi connectivity index (χ3v) is 10.9. The first-order chi connectivity index (χ1) is 15.0. The van der Waals surface area contributed by atoms with Crippen molar-refractivity contribution in [2.45, 2.75) is 97.3 Å². The van der Waals surface area contributed by atoms with Gasteiger partial charge in [0.2, 0.25) is 5.91 Å². The fourth-order valence-corrected chi connectivity index (χ4v) is 4.98. The molecule has 1 saturated heterocycles. The first kappa shape index (κ1) is 27.1. The molecule has 1 fully saturated rings. The predicted molar refractivity (Wildman–Crippen MR) is 132 cm³/mol. The van der Waals surface area contributed by atoms with Crippen molar-refractivity contribution in [1.29, 1.82) is 0 Å². The Hall–Kier alpha value is -2.19. The minimum absolute atomic E-state index is 0.0422. The Morgan fingerprint density at radius 1 is 1.15 bits per heavy atom. The number of carbonyl (C=O) groups excluding carboxylic acids is 3. The Labute approximate surface area is 199 Å². The molecule has 1 aromatic carbocycles. The summed E-state index contributed by atoms with van der Waals surface area (Å²) in [5, 5.41) is 5.62. The van der Waals surface area contributed by atoms with Crippen molar-refractivity contribution in [3.63, 3.8) is 0 Å². The highest BCUT2D eigenvalue weighted by atomic mass is 28.4. The minimum atomic E-state index is -2.03. The lowest BCUT2D eigenvalue weighted by Crippen LogP contribution is -2.64. The second-order valence-electron chi connectivity index (χ2n) is 11.4. The zero-order valence-corrected chi connectivity index (χ0v) is 22.5. The second kappa shape index (κ2) is 9.97. The average molecular weight is 477 g/mol. The van der Waals surface area contributed by atoms with Crippen molar-refractivity contribution < 1.29 is 23.5 Å². The molecule has 1 aliphatic rings. The Kier molecular flexibility index (Phi) is 8.17. The van der Waals surface area contributed by atoms with Crippen LogP contribution < -0.4 is 10.6 Å². The van der Waals surface area contributed by atoms with Crippen LogP contribution in [0, 0.1) is 5.92 Å². The van der Waals surface area contributed by atoms with Gasteiger partial charge in [0, 0.05) is 18.5 Å². The van der Waals surface area contributed by atoms with E-state index in [2.05, 4.69) is 44.5 Å². The number of amides is 2. The van der Waals surface area contributed by atoms with Crippen molar-refractivity contribution in [2.75, 3.05) is 0 Å². The maximum Gasteiger partial charge on any atom is 0.407 e. The normalized spacial score (nSPS) is 19.8. The lowest BCUT2D eigenvalue weighted by Gasteiger charge is -2.45.